The van der Waals surface area contributed by atoms with E-state index in [4.69, 9.17) is 23.7 Å². The molecule has 1 saturated heterocycles. The van der Waals surface area contributed by atoms with Crippen LogP contribution in [0, 0.1) is 0 Å². The third-order valence-electron chi connectivity index (χ3n) is 7.43. The number of carboxylic acid groups (broad SMARTS) is 1. The largest absolute Gasteiger partial charge is 0.491 e. The first kappa shape index (κ1) is 44.5. The number of nitrogens with one attached hydrogen (secondary N) is 2. The molecule has 0 aromatic heterocycles. The predicted octanol–water partition coefficient (Wildman–Crippen LogP) is -0.263. The third-order valence-corrected chi connectivity index (χ3v) is 8.18. The van der Waals surface area contributed by atoms with Gasteiger partial charge in [-0.3, -0.25) is 28.5 Å². The van der Waals surface area contributed by atoms with Gasteiger partial charge in [0.05, 0.1) is 19.3 Å². The van der Waals surface area contributed by atoms with E-state index in [1.165, 1.54) is 24.0 Å². The lowest BCUT2D eigenvalue weighted by atomic mass is 10.1. The highest BCUT2D eigenvalue weighted by Crippen LogP contribution is 2.29. The number of amides is 3. The molecule has 0 spiro atoms. The minimum atomic E-state index is -4.64. The van der Waals surface area contributed by atoms with Crippen LogP contribution in [0.1, 0.15) is 51.0 Å². The van der Waals surface area contributed by atoms with Crippen molar-refractivity contribution >= 4 is 46.1 Å². The summed E-state index contributed by atoms with van der Waals surface area (Å²) < 4.78 is 59.8. The van der Waals surface area contributed by atoms with Crippen molar-refractivity contribution in [2.75, 3.05) is 45.7 Å². The summed E-state index contributed by atoms with van der Waals surface area (Å²) in [6, 6.07) is 3.01. The average molecular weight is 774 g/mol. The molecule has 2 rings (SSSR count). The minimum absolute atomic E-state index is 0.0107. The molecule has 3 amide bonds. The highest BCUT2D eigenvalue weighted by atomic mass is 32.2. The molecule has 1 aromatic rings. The number of carboxylic acids is 1. The Bertz CT molecular complexity index is 1540. The van der Waals surface area contributed by atoms with Gasteiger partial charge < -0.3 is 49.4 Å². The number of nitrogens with zero attached hydrogens (tertiary/aromatic N) is 1. The number of ether oxygens (including phenoxy) is 5. The smallest absolute Gasteiger partial charge is 0.333 e. The highest BCUT2D eigenvalue weighted by molar-refractivity contribution is 7.85. The number of allylic oxidation sites excluding steroid dienone is 1. The van der Waals surface area contributed by atoms with Gasteiger partial charge in [-0.05, 0) is 31.1 Å². The number of hydrogen-bond acceptors (Lipinski definition) is 14. The molecule has 4 atom stereocenters. The number of carbonyl (C=O) groups is 6. The number of aldehydes is 1. The van der Waals surface area contributed by atoms with Gasteiger partial charge in [-0.25, -0.2) is 4.79 Å². The van der Waals surface area contributed by atoms with Crippen LogP contribution < -0.4 is 20.1 Å². The zero-order chi connectivity index (χ0) is 39.4. The lowest BCUT2D eigenvalue weighted by Crippen LogP contribution is -2.50. The average Bonchev–Trinajstić information content (AvgIpc) is 3.08. The first-order valence-corrected chi connectivity index (χ1v) is 18.3. The van der Waals surface area contributed by atoms with Crippen LogP contribution in [0.4, 0.5) is 0 Å². The second-order valence-electron chi connectivity index (χ2n) is 11.9. The molecule has 1 aliphatic rings. The van der Waals surface area contributed by atoms with Crippen molar-refractivity contribution in [1.82, 2.24) is 15.5 Å². The topological polar surface area (TPSA) is 271 Å². The molecule has 0 radical (unpaired) electrons. The van der Waals surface area contributed by atoms with Gasteiger partial charge in [0.15, 0.2) is 6.10 Å². The molecule has 1 heterocycles. The standard InChI is InChI=1S/C33H47N3O16S/c1-22(38)50-20-23-9-10-25(51-31-18-24(39)17-28(52-31)33(43)44)19-27(23)49-16-15-48-14-11-34-32(42)26(21-53(45,46)47)35-29(40)7-4-3-5-12-36(2)30(41)8-6-13-37/h6,8-10,13,19,24,26,28,31,39H,3-5,7,11-12,14-18,20-21H2,1-2H3,(H,34,42)(H,35,40)(H,43,44)(H,45,46,47)/b8-6-. The minimum Gasteiger partial charge on any atom is -0.491 e. The number of carbonyl (C=O) groups excluding carboxylic acids is 5. The molecule has 1 aromatic carbocycles. The monoisotopic (exact) mass is 773 g/mol. The lowest BCUT2D eigenvalue weighted by Gasteiger charge is -2.31. The van der Waals surface area contributed by atoms with E-state index in [9.17, 15) is 52.0 Å². The number of likely N-dealkylation sites (N-methyl/N-ethyl adjacent to an activating group) is 1. The van der Waals surface area contributed by atoms with Crippen LogP contribution in [-0.4, -0.2) is 134 Å². The number of hydrogen-bond donors (Lipinski definition) is 5. The van der Waals surface area contributed by atoms with E-state index in [0.717, 1.165) is 12.2 Å². The summed E-state index contributed by atoms with van der Waals surface area (Å²) in [4.78, 5) is 71.3. The van der Waals surface area contributed by atoms with E-state index in [2.05, 4.69) is 10.6 Å². The fourth-order valence-electron chi connectivity index (χ4n) is 4.80. The number of aliphatic hydroxyl groups is 1. The SMILES string of the molecule is CC(=O)OCc1ccc(OC2CC(O)CC(C(=O)O)O2)cc1OCCOCCNC(=O)C(CS(=O)(=O)O)NC(=O)CCCCCN(C)C(=O)/C=C\C=O. The van der Waals surface area contributed by atoms with Gasteiger partial charge in [0.1, 0.15) is 42.8 Å². The fourth-order valence-corrected chi connectivity index (χ4v) is 5.46. The molecule has 4 unspecified atom stereocenters. The quantitative estimate of drug-likeness (QED) is 0.0298. The van der Waals surface area contributed by atoms with Gasteiger partial charge in [0, 0.05) is 64.0 Å². The zero-order valence-corrected chi connectivity index (χ0v) is 30.3. The number of benzene rings is 1. The van der Waals surface area contributed by atoms with Gasteiger partial charge >= 0.3 is 11.9 Å². The van der Waals surface area contributed by atoms with Crippen molar-refractivity contribution < 1.29 is 75.6 Å². The van der Waals surface area contributed by atoms with Crippen LogP contribution in [0.15, 0.2) is 30.4 Å². The molecule has 1 fully saturated rings. The number of aliphatic hydroxyl groups excluding tert-OH is 1. The Kier molecular flexibility index (Phi) is 19.4. The van der Waals surface area contributed by atoms with Crippen molar-refractivity contribution in [3.63, 3.8) is 0 Å². The molecule has 1 aliphatic heterocycles. The second-order valence-corrected chi connectivity index (χ2v) is 13.4. The highest BCUT2D eigenvalue weighted by Gasteiger charge is 2.34. The number of aliphatic carboxylic acids is 1. The Morgan fingerprint density at radius 1 is 1.09 bits per heavy atom. The van der Waals surface area contributed by atoms with Crippen molar-refractivity contribution in [1.29, 1.82) is 0 Å². The summed E-state index contributed by atoms with van der Waals surface area (Å²) in [5.74, 6) is -4.15. The molecule has 53 heavy (non-hydrogen) atoms. The third kappa shape index (κ3) is 18.6. The van der Waals surface area contributed by atoms with Gasteiger partial charge in [-0.2, -0.15) is 8.42 Å². The van der Waals surface area contributed by atoms with Crippen molar-refractivity contribution in [2.45, 2.75) is 76.6 Å². The summed E-state index contributed by atoms with van der Waals surface area (Å²) in [6.45, 7) is 1.36. The van der Waals surface area contributed by atoms with E-state index in [1.807, 2.05) is 0 Å². The van der Waals surface area contributed by atoms with Crippen LogP contribution in [0.25, 0.3) is 0 Å². The van der Waals surface area contributed by atoms with Gasteiger partial charge in [0.2, 0.25) is 24.0 Å². The zero-order valence-electron chi connectivity index (χ0n) is 29.5. The number of esters is 1. The van der Waals surface area contributed by atoms with Gasteiger partial charge in [-0.1, -0.05) is 6.42 Å². The Hall–Kier alpha value is -4.63. The number of unbranched alkanes of at least 4 members (excludes halogenated alkanes) is 2. The Morgan fingerprint density at radius 3 is 2.53 bits per heavy atom. The first-order chi connectivity index (χ1) is 25.1. The Balaban J connectivity index is 1.81. The van der Waals surface area contributed by atoms with E-state index < -0.39 is 64.2 Å². The normalized spacial score (nSPS) is 17.7. The predicted molar refractivity (Wildman–Crippen MR) is 183 cm³/mol. The maximum atomic E-state index is 12.7. The summed E-state index contributed by atoms with van der Waals surface area (Å²) >= 11 is 0. The van der Waals surface area contributed by atoms with Crippen molar-refractivity contribution in [3.05, 3.63) is 35.9 Å². The van der Waals surface area contributed by atoms with Gasteiger partial charge in [0.25, 0.3) is 10.1 Å². The Labute approximate surface area is 306 Å². The van der Waals surface area contributed by atoms with Crippen LogP contribution in [0.5, 0.6) is 11.5 Å². The van der Waals surface area contributed by atoms with Crippen LogP contribution in [-0.2, 0) is 59.7 Å². The molecule has 19 nitrogen and oxygen atoms in total. The van der Waals surface area contributed by atoms with Gasteiger partial charge in [-0.15, -0.1) is 0 Å². The Morgan fingerprint density at radius 2 is 1.85 bits per heavy atom. The summed E-state index contributed by atoms with van der Waals surface area (Å²) in [7, 11) is -3.07. The first-order valence-electron chi connectivity index (χ1n) is 16.7. The summed E-state index contributed by atoms with van der Waals surface area (Å²) in [5.41, 5.74) is 0.476. The molecule has 0 bridgehead atoms. The maximum Gasteiger partial charge on any atom is 0.333 e. The lowest BCUT2D eigenvalue weighted by molar-refractivity contribution is -0.195. The summed E-state index contributed by atoms with van der Waals surface area (Å²) in [5, 5.41) is 24.0. The molecule has 0 saturated carbocycles. The van der Waals surface area contributed by atoms with E-state index >= 15 is 0 Å². The molecular weight excluding hydrogens is 726 g/mol. The fraction of sp³-hybridized carbons (Fsp3) is 0.576. The molecule has 5 N–H and O–H groups in total. The van der Waals surface area contributed by atoms with Crippen molar-refractivity contribution in [3.8, 4) is 11.5 Å². The molecular formula is C33H47N3O16S. The van der Waals surface area contributed by atoms with Crippen LogP contribution >= 0.6 is 0 Å². The second kappa shape index (κ2) is 23.1. The summed E-state index contributed by atoms with van der Waals surface area (Å²) in [6.07, 6.45) is 0.880. The van der Waals surface area contributed by atoms with Crippen LogP contribution in [0.2, 0.25) is 0 Å². The number of rotatable bonds is 24. The van der Waals surface area contributed by atoms with Crippen LogP contribution in [0.3, 0.4) is 0 Å². The molecule has 20 heteroatoms. The van der Waals surface area contributed by atoms with E-state index in [1.54, 1.807) is 13.1 Å². The maximum absolute atomic E-state index is 12.7. The molecule has 296 valence electrons. The molecule has 0 aliphatic carbocycles. The van der Waals surface area contributed by atoms with E-state index in [-0.39, 0.29) is 69.6 Å². The van der Waals surface area contributed by atoms with Crippen molar-refractivity contribution in [2.24, 2.45) is 0 Å². The van der Waals surface area contributed by atoms with E-state index in [0.29, 0.717) is 37.7 Å².